The number of anilines is 1. The molecule has 3 heterocycles. The average molecular weight is 250 g/mol. The minimum atomic E-state index is -0.279. The van der Waals surface area contributed by atoms with Crippen LogP contribution in [0.4, 0.5) is 5.69 Å². The molecule has 5 nitrogen and oxygen atoms in total. The molecule has 1 unspecified atom stereocenters. The Bertz CT molecular complexity index is 826. The van der Waals surface area contributed by atoms with Crippen molar-refractivity contribution in [3.8, 4) is 5.75 Å². The van der Waals surface area contributed by atoms with Crippen molar-refractivity contribution in [3.63, 3.8) is 0 Å². The molecular weight excluding hydrogens is 240 g/mol. The molecule has 0 bridgehead atoms. The second kappa shape index (κ2) is 3.65. The Morgan fingerprint density at radius 2 is 2.11 bits per heavy atom. The Morgan fingerprint density at radius 1 is 1.21 bits per heavy atom. The number of nitrogens with one attached hydrogen (secondary N) is 1. The normalized spacial score (nSPS) is 18.2. The molecule has 5 heteroatoms. The van der Waals surface area contributed by atoms with Gasteiger partial charge in [-0.2, -0.15) is 0 Å². The van der Waals surface area contributed by atoms with Crippen LogP contribution in [0.2, 0.25) is 0 Å². The van der Waals surface area contributed by atoms with Crippen LogP contribution in [-0.2, 0) is 0 Å². The zero-order valence-corrected chi connectivity index (χ0v) is 9.91. The molecular formula is C14H10N4O. The summed E-state index contributed by atoms with van der Waals surface area (Å²) < 4.78 is 0. The molecule has 2 aliphatic rings. The molecule has 0 saturated carbocycles. The molecule has 1 aromatic heterocycles. The predicted octanol–water partition coefficient (Wildman–Crippen LogP) is 1.14. The molecule has 92 valence electrons. The van der Waals surface area contributed by atoms with Crippen molar-refractivity contribution >= 4 is 11.8 Å². The van der Waals surface area contributed by atoms with Crippen LogP contribution < -0.4 is 16.2 Å². The maximum atomic E-state index is 9.90. The number of pyridine rings is 1. The number of fused-ring (bicyclic) bond motifs is 3. The highest BCUT2D eigenvalue weighted by molar-refractivity contribution is 5.68. The van der Waals surface area contributed by atoms with Gasteiger partial charge >= 0.3 is 0 Å². The number of para-hydroxylation sites is 1. The molecule has 0 amide bonds. The van der Waals surface area contributed by atoms with Gasteiger partial charge in [0.1, 0.15) is 17.3 Å². The van der Waals surface area contributed by atoms with Crippen LogP contribution in [0.1, 0.15) is 17.3 Å². The third kappa shape index (κ3) is 1.45. The first-order valence-electron chi connectivity index (χ1n) is 5.98. The van der Waals surface area contributed by atoms with Crippen LogP contribution in [0.25, 0.3) is 6.08 Å². The lowest BCUT2D eigenvalue weighted by Crippen LogP contribution is -2.17. The number of rotatable bonds is 1. The Labute approximate surface area is 108 Å². The van der Waals surface area contributed by atoms with Gasteiger partial charge in [-0.15, -0.1) is 0 Å². The van der Waals surface area contributed by atoms with Gasteiger partial charge in [0.05, 0.1) is 11.9 Å². The van der Waals surface area contributed by atoms with E-state index in [0.29, 0.717) is 5.49 Å². The summed E-state index contributed by atoms with van der Waals surface area (Å²) in [5, 5.41) is 14.0. The van der Waals surface area contributed by atoms with E-state index >= 15 is 0 Å². The van der Waals surface area contributed by atoms with E-state index in [1.54, 1.807) is 24.5 Å². The van der Waals surface area contributed by atoms with Gasteiger partial charge < -0.3 is 10.4 Å². The lowest BCUT2D eigenvalue weighted by Gasteiger charge is -2.12. The molecule has 2 N–H and O–H groups in total. The minimum absolute atomic E-state index is 0.237. The maximum Gasteiger partial charge on any atom is 0.161 e. The Balaban J connectivity index is 1.84. The number of phenolic OH excluding ortho intramolecular Hbond substituents is 1. The van der Waals surface area contributed by atoms with Crippen LogP contribution in [0, 0.1) is 0 Å². The monoisotopic (exact) mass is 250 g/mol. The first-order valence-corrected chi connectivity index (χ1v) is 5.98. The third-order valence-electron chi connectivity index (χ3n) is 3.29. The highest BCUT2D eigenvalue weighted by Crippen LogP contribution is 2.30. The Morgan fingerprint density at radius 3 is 3.00 bits per heavy atom. The molecule has 0 saturated heterocycles. The number of aromatic hydroxyl groups is 1. The quantitative estimate of drug-likeness (QED) is 0.797. The summed E-state index contributed by atoms with van der Waals surface area (Å²) >= 11 is 0. The smallest absolute Gasteiger partial charge is 0.161 e. The fourth-order valence-corrected chi connectivity index (χ4v) is 2.37. The summed E-state index contributed by atoms with van der Waals surface area (Å²) in [6, 6.07) is 7.19. The van der Waals surface area contributed by atoms with Crippen LogP contribution in [0.5, 0.6) is 5.75 Å². The fourth-order valence-electron chi connectivity index (χ4n) is 2.37. The van der Waals surface area contributed by atoms with Gasteiger partial charge in [0, 0.05) is 17.3 Å². The van der Waals surface area contributed by atoms with Crippen molar-refractivity contribution in [1.82, 2.24) is 4.98 Å². The summed E-state index contributed by atoms with van der Waals surface area (Å²) in [6.45, 7) is 0. The number of benzene rings is 1. The van der Waals surface area contributed by atoms with E-state index in [1.807, 2.05) is 18.2 Å². The number of hydrogen-bond acceptors (Lipinski definition) is 5. The van der Waals surface area contributed by atoms with E-state index in [1.165, 1.54) is 0 Å². The average Bonchev–Trinajstić information content (AvgIpc) is 3.04. The topological polar surface area (TPSA) is 69.9 Å². The first kappa shape index (κ1) is 10.3. The summed E-state index contributed by atoms with van der Waals surface area (Å²) in [4.78, 5) is 13.0. The molecule has 1 atom stereocenters. The van der Waals surface area contributed by atoms with Gasteiger partial charge in [-0.25, -0.2) is 9.98 Å². The van der Waals surface area contributed by atoms with Gasteiger partial charge in [0.25, 0.3) is 0 Å². The van der Waals surface area contributed by atoms with Crippen molar-refractivity contribution in [2.45, 2.75) is 6.17 Å². The van der Waals surface area contributed by atoms with Gasteiger partial charge in [-0.3, -0.25) is 4.99 Å². The van der Waals surface area contributed by atoms with Crippen molar-refractivity contribution in [2.75, 3.05) is 5.32 Å². The minimum Gasteiger partial charge on any atom is -0.508 e. The second-order valence-electron chi connectivity index (χ2n) is 4.44. The van der Waals surface area contributed by atoms with Crippen LogP contribution in [-0.4, -0.2) is 10.1 Å². The van der Waals surface area contributed by atoms with Crippen molar-refractivity contribution in [2.24, 2.45) is 9.98 Å². The molecule has 0 spiro atoms. The standard InChI is InChI=1S/C14H10N4O/c19-11-4-2-1-3-8(11)14-17-10-7-16-13-9(5-6-15-13)12(10)18-14/h1-7,14,18-19H. The van der Waals surface area contributed by atoms with E-state index in [2.05, 4.69) is 20.3 Å². The second-order valence-corrected chi connectivity index (χ2v) is 4.44. The van der Waals surface area contributed by atoms with E-state index in [0.717, 1.165) is 22.2 Å². The van der Waals surface area contributed by atoms with Crippen LogP contribution in [0.3, 0.4) is 0 Å². The van der Waals surface area contributed by atoms with E-state index in [4.69, 9.17) is 0 Å². The summed E-state index contributed by atoms with van der Waals surface area (Å²) in [6.07, 6.45) is 5.07. The highest BCUT2D eigenvalue weighted by atomic mass is 16.3. The molecule has 1 aromatic carbocycles. The van der Waals surface area contributed by atoms with Gasteiger partial charge in [-0.05, 0) is 12.1 Å². The maximum absolute atomic E-state index is 9.90. The molecule has 19 heavy (non-hydrogen) atoms. The van der Waals surface area contributed by atoms with Gasteiger partial charge in [-0.1, -0.05) is 18.2 Å². The van der Waals surface area contributed by atoms with Crippen molar-refractivity contribution in [3.05, 3.63) is 58.6 Å². The Kier molecular flexibility index (Phi) is 1.97. The van der Waals surface area contributed by atoms with Crippen molar-refractivity contribution < 1.29 is 5.11 Å². The molecule has 2 aromatic rings. The van der Waals surface area contributed by atoms with E-state index in [-0.39, 0.29) is 11.9 Å². The lowest BCUT2D eigenvalue weighted by atomic mass is 10.1. The molecule has 0 aliphatic carbocycles. The largest absolute Gasteiger partial charge is 0.508 e. The first-order chi connectivity index (χ1) is 9.33. The van der Waals surface area contributed by atoms with Crippen LogP contribution >= 0.6 is 0 Å². The number of aromatic nitrogens is 1. The van der Waals surface area contributed by atoms with Gasteiger partial charge in [0.2, 0.25) is 0 Å². The number of hydrogen-bond donors (Lipinski definition) is 2. The van der Waals surface area contributed by atoms with Crippen molar-refractivity contribution in [1.29, 1.82) is 0 Å². The summed E-state index contributed by atoms with van der Waals surface area (Å²) in [5.74, 6) is 0.237. The number of nitrogens with zero attached hydrogens (tertiary/aromatic N) is 3. The fraction of sp³-hybridized carbons (Fsp3) is 0.0714. The third-order valence-corrected chi connectivity index (χ3v) is 3.29. The highest BCUT2D eigenvalue weighted by Gasteiger charge is 2.22. The molecule has 4 rings (SSSR count). The molecule has 0 fully saturated rings. The summed E-state index contributed by atoms with van der Waals surface area (Å²) in [5.41, 5.74) is 3.35. The predicted molar refractivity (Wildman–Crippen MR) is 70.1 cm³/mol. The van der Waals surface area contributed by atoms with Gasteiger partial charge in [0.15, 0.2) is 5.49 Å². The summed E-state index contributed by atoms with van der Waals surface area (Å²) in [7, 11) is 0. The number of phenols is 1. The Hall–Kier alpha value is -2.69. The molecule has 2 aliphatic heterocycles. The SMILES string of the molecule is Oc1ccccc1C1N=c2cnc3c(c2N1)C=CN=3. The lowest BCUT2D eigenvalue weighted by molar-refractivity contribution is 0.465. The zero-order chi connectivity index (χ0) is 12.8. The van der Waals surface area contributed by atoms with Crippen LogP contribution in [0.15, 0.2) is 46.6 Å². The van der Waals surface area contributed by atoms with E-state index < -0.39 is 0 Å². The van der Waals surface area contributed by atoms with E-state index in [9.17, 15) is 5.11 Å². The zero-order valence-electron chi connectivity index (χ0n) is 9.91. The molecule has 0 radical (unpaired) electrons.